The van der Waals surface area contributed by atoms with Crippen LogP contribution in [-0.2, 0) is 24.4 Å². The number of rotatable bonds is 9. The molecule has 0 aliphatic carbocycles. The number of fused-ring (bicyclic) bond motifs is 1. The number of pyridine rings is 1. The van der Waals surface area contributed by atoms with Crippen LogP contribution in [0.25, 0.3) is 10.9 Å². The zero-order valence-corrected chi connectivity index (χ0v) is 21.6. The number of nitrogens with one attached hydrogen (secondary N) is 1. The van der Waals surface area contributed by atoms with Crippen molar-refractivity contribution in [3.8, 4) is 0 Å². The van der Waals surface area contributed by atoms with Crippen LogP contribution in [0.1, 0.15) is 60.3 Å². The minimum atomic E-state index is -0.278. The molecule has 1 aliphatic rings. The highest BCUT2D eigenvalue weighted by atomic mass is 19.1. The lowest BCUT2D eigenvalue weighted by Gasteiger charge is -2.30. The first kappa shape index (κ1) is 25.2. The number of hydrogen-bond acceptors (Lipinski definition) is 6. The molecule has 2 unspecified atom stereocenters. The molecular formula is C28H33FN6O2. The Labute approximate surface area is 215 Å². The van der Waals surface area contributed by atoms with Crippen LogP contribution in [0.3, 0.4) is 0 Å². The van der Waals surface area contributed by atoms with Gasteiger partial charge in [0, 0.05) is 25.3 Å². The van der Waals surface area contributed by atoms with E-state index in [4.69, 9.17) is 4.74 Å². The third-order valence-corrected chi connectivity index (χ3v) is 7.13. The Morgan fingerprint density at radius 2 is 2.00 bits per heavy atom. The number of aryl methyl sites for hydroxylation is 2. The van der Waals surface area contributed by atoms with Gasteiger partial charge in [-0.3, -0.25) is 9.69 Å². The summed E-state index contributed by atoms with van der Waals surface area (Å²) in [6.07, 6.45) is 2.86. The van der Waals surface area contributed by atoms with Crippen molar-refractivity contribution < 1.29 is 9.13 Å². The predicted molar refractivity (Wildman–Crippen MR) is 140 cm³/mol. The summed E-state index contributed by atoms with van der Waals surface area (Å²) in [6, 6.07) is 12.5. The van der Waals surface area contributed by atoms with Crippen molar-refractivity contribution >= 4 is 10.9 Å². The molecule has 0 bridgehead atoms. The number of nitrogens with zero attached hydrogens (tertiary/aromatic N) is 5. The molecule has 1 aliphatic heterocycles. The second-order valence-electron chi connectivity index (χ2n) is 9.98. The normalized spacial score (nSPS) is 16.6. The van der Waals surface area contributed by atoms with Gasteiger partial charge in [0.15, 0.2) is 5.82 Å². The molecule has 4 aromatic rings. The van der Waals surface area contributed by atoms with Crippen molar-refractivity contribution in [3.63, 3.8) is 0 Å². The third-order valence-electron chi connectivity index (χ3n) is 7.13. The first-order valence-electron chi connectivity index (χ1n) is 12.9. The molecule has 8 nitrogen and oxygen atoms in total. The summed E-state index contributed by atoms with van der Waals surface area (Å²) < 4.78 is 21.3. The van der Waals surface area contributed by atoms with Gasteiger partial charge in [0.1, 0.15) is 5.82 Å². The molecule has 0 radical (unpaired) electrons. The highest BCUT2D eigenvalue weighted by molar-refractivity contribution is 5.82. The number of tetrazole rings is 1. The summed E-state index contributed by atoms with van der Waals surface area (Å²) >= 11 is 0. The Kier molecular flexibility index (Phi) is 7.43. The molecule has 1 saturated heterocycles. The number of aromatic amines is 1. The van der Waals surface area contributed by atoms with Gasteiger partial charge in [-0.2, -0.15) is 0 Å². The number of benzene rings is 2. The summed E-state index contributed by atoms with van der Waals surface area (Å²) in [5.74, 6) is 0.462. The van der Waals surface area contributed by atoms with Crippen LogP contribution in [0.4, 0.5) is 4.39 Å². The lowest BCUT2D eigenvalue weighted by molar-refractivity contribution is 0.0888. The van der Waals surface area contributed by atoms with E-state index in [-0.39, 0.29) is 23.5 Å². The van der Waals surface area contributed by atoms with Crippen LogP contribution in [0, 0.1) is 19.7 Å². The molecule has 2 aromatic heterocycles. The molecule has 37 heavy (non-hydrogen) atoms. The number of aromatic nitrogens is 5. The lowest BCUT2D eigenvalue weighted by atomic mass is 10.0. The average molecular weight is 505 g/mol. The smallest absolute Gasteiger partial charge is 0.252 e. The van der Waals surface area contributed by atoms with E-state index in [0.29, 0.717) is 25.2 Å². The molecule has 2 atom stereocenters. The summed E-state index contributed by atoms with van der Waals surface area (Å²) in [5.41, 5.74) is 4.54. The van der Waals surface area contributed by atoms with Crippen molar-refractivity contribution in [2.24, 2.45) is 0 Å². The van der Waals surface area contributed by atoms with Crippen LogP contribution in [0.2, 0.25) is 0 Å². The van der Waals surface area contributed by atoms with Crippen molar-refractivity contribution in [2.45, 2.75) is 71.8 Å². The third kappa shape index (κ3) is 5.62. The van der Waals surface area contributed by atoms with E-state index < -0.39 is 0 Å². The van der Waals surface area contributed by atoms with E-state index >= 15 is 0 Å². The van der Waals surface area contributed by atoms with E-state index in [0.717, 1.165) is 59.3 Å². The van der Waals surface area contributed by atoms with Crippen molar-refractivity contribution in [1.82, 2.24) is 30.1 Å². The quantitative estimate of drug-likeness (QED) is 0.358. The average Bonchev–Trinajstić information content (AvgIpc) is 3.55. The second-order valence-corrected chi connectivity index (χ2v) is 9.98. The SMILES string of the molecule is CCC(c1nnnn1CC1CCCO1)N(Cc1ccc(F)cc1)Cc1cc2cc(C)cc(C)c2[nH]c1=O. The zero-order valence-electron chi connectivity index (χ0n) is 21.6. The molecular weight excluding hydrogens is 471 g/mol. The number of halogens is 1. The molecule has 194 valence electrons. The standard InChI is InChI=1S/C28H33FN6O2/c1-4-25(27-31-32-33-35(27)17-24-6-5-11-37-24)34(15-20-7-9-23(29)10-8-20)16-22-14-21-13-18(2)12-19(3)26(21)30-28(22)36/h7-10,12-14,24-25H,4-6,11,15-17H2,1-3H3,(H,30,36). The molecule has 0 amide bonds. The Morgan fingerprint density at radius 1 is 1.19 bits per heavy atom. The lowest BCUT2D eigenvalue weighted by Crippen LogP contribution is -2.33. The fourth-order valence-electron chi connectivity index (χ4n) is 5.33. The van der Waals surface area contributed by atoms with Gasteiger partial charge in [0.25, 0.3) is 5.56 Å². The second kappa shape index (κ2) is 10.9. The van der Waals surface area contributed by atoms with Gasteiger partial charge in [0.05, 0.1) is 24.2 Å². The minimum absolute atomic E-state index is 0.0973. The fourth-order valence-corrected chi connectivity index (χ4v) is 5.33. The first-order valence-corrected chi connectivity index (χ1v) is 12.9. The maximum atomic E-state index is 13.6. The van der Waals surface area contributed by atoms with Crippen LogP contribution < -0.4 is 5.56 Å². The van der Waals surface area contributed by atoms with E-state index in [9.17, 15) is 9.18 Å². The van der Waals surface area contributed by atoms with Crippen LogP contribution in [-0.4, -0.2) is 42.8 Å². The molecule has 2 aromatic carbocycles. The molecule has 9 heteroatoms. The van der Waals surface area contributed by atoms with Gasteiger partial charge in [-0.15, -0.1) is 5.10 Å². The predicted octanol–water partition coefficient (Wildman–Crippen LogP) is 4.60. The van der Waals surface area contributed by atoms with Crippen LogP contribution in [0.15, 0.2) is 47.3 Å². The van der Waals surface area contributed by atoms with Crippen LogP contribution in [0.5, 0.6) is 0 Å². The van der Waals surface area contributed by atoms with E-state index in [1.54, 1.807) is 12.1 Å². The van der Waals surface area contributed by atoms with Crippen molar-refractivity contribution in [1.29, 1.82) is 0 Å². The fraction of sp³-hybridized carbons (Fsp3) is 0.429. The number of H-pyrrole nitrogens is 1. The Morgan fingerprint density at radius 3 is 2.73 bits per heavy atom. The zero-order chi connectivity index (χ0) is 25.9. The van der Waals surface area contributed by atoms with Crippen LogP contribution >= 0.6 is 0 Å². The molecule has 5 rings (SSSR count). The maximum absolute atomic E-state index is 13.6. The monoisotopic (exact) mass is 504 g/mol. The number of hydrogen-bond donors (Lipinski definition) is 1. The summed E-state index contributed by atoms with van der Waals surface area (Å²) in [5, 5.41) is 13.7. The Bertz CT molecular complexity index is 1430. The highest BCUT2D eigenvalue weighted by Gasteiger charge is 2.28. The largest absolute Gasteiger partial charge is 0.376 e. The maximum Gasteiger partial charge on any atom is 0.252 e. The van der Waals surface area contributed by atoms with Crippen molar-refractivity contribution in [2.75, 3.05) is 6.61 Å². The summed E-state index contributed by atoms with van der Waals surface area (Å²) in [7, 11) is 0. The van der Waals surface area contributed by atoms with Gasteiger partial charge < -0.3 is 9.72 Å². The van der Waals surface area contributed by atoms with Crippen molar-refractivity contribution in [3.05, 3.63) is 86.7 Å². The van der Waals surface area contributed by atoms with E-state index in [2.05, 4.69) is 51.4 Å². The number of ether oxygens (including phenoxy) is 1. The van der Waals surface area contributed by atoms with Gasteiger partial charge in [-0.1, -0.05) is 30.7 Å². The minimum Gasteiger partial charge on any atom is -0.376 e. The van der Waals surface area contributed by atoms with E-state index in [1.165, 1.54) is 12.1 Å². The van der Waals surface area contributed by atoms with Gasteiger partial charge in [-0.25, -0.2) is 9.07 Å². The Hall–Kier alpha value is -3.43. The van der Waals surface area contributed by atoms with Gasteiger partial charge in [-0.05, 0) is 84.3 Å². The topological polar surface area (TPSA) is 88.9 Å². The molecule has 3 heterocycles. The van der Waals surface area contributed by atoms with Gasteiger partial charge >= 0.3 is 0 Å². The Balaban J connectivity index is 1.51. The molecule has 1 fully saturated rings. The highest BCUT2D eigenvalue weighted by Crippen LogP contribution is 2.28. The first-order chi connectivity index (χ1) is 17.9. The molecule has 0 spiro atoms. The summed E-state index contributed by atoms with van der Waals surface area (Å²) in [4.78, 5) is 18.5. The van der Waals surface area contributed by atoms with E-state index in [1.807, 2.05) is 17.7 Å². The molecule has 0 saturated carbocycles. The van der Waals surface area contributed by atoms with Gasteiger partial charge in [0.2, 0.25) is 0 Å². The molecule has 1 N–H and O–H groups in total. The summed E-state index contributed by atoms with van der Waals surface area (Å²) in [6.45, 7) is 8.41.